The predicted molar refractivity (Wildman–Crippen MR) is 82.5 cm³/mol. The molecule has 0 unspecified atom stereocenters. The smallest absolute Gasteiger partial charge is 0.246 e. The van der Waals surface area contributed by atoms with Crippen LogP contribution in [-0.2, 0) is 22.4 Å². The van der Waals surface area contributed by atoms with Crippen molar-refractivity contribution in [1.82, 2.24) is 5.32 Å². The van der Waals surface area contributed by atoms with Gasteiger partial charge in [0.25, 0.3) is 0 Å². The number of carbonyl (C=O) groups excluding carboxylic acids is 2. The number of anilines is 1. The number of rotatable bonds is 5. The van der Waals surface area contributed by atoms with Crippen LogP contribution in [0.25, 0.3) is 0 Å². The first-order valence-corrected chi connectivity index (χ1v) is 7.41. The van der Waals surface area contributed by atoms with Crippen molar-refractivity contribution in [3.8, 4) is 0 Å². The van der Waals surface area contributed by atoms with E-state index >= 15 is 0 Å². The Bertz CT molecular complexity index is 664. The van der Waals surface area contributed by atoms with E-state index in [2.05, 4.69) is 5.32 Å². The van der Waals surface area contributed by atoms with Crippen LogP contribution in [0, 0.1) is 0 Å². The first-order chi connectivity index (χ1) is 10.7. The number of para-hydroxylation sites is 1. The zero-order chi connectivity index (χ0) is 15.4. The van der Waals surface area contributed by atoms with Gasteiger partial charge in [-0.1, -0.05) is 18.2 Å². The van der Waals surface area contributed by atoms with E-state index in [0.29, 0.717) is 19.4 Å². The highest BCUT2D eigenvalue weighted by molar-refractivity contribution is 5.98. The molecule has 5 nitrogen and oxygen atoms in total. The fourth-order valence-corrected chi connectivity index (χ4v) is 2.65. The number of benzene rings is 1. The lowest BCUT2D eigenvalue weighted by Gasteiger charge is -2.17. The van der Waals surface area contributed by atoms with Gasteiger partial charge >= 0.3 is 0 Å². The van der Waals surface area contributed by atoms with E-state index in [1.165, 1.54) is 5.56 Å². The van der Waals surface area contributed by atoms with E-state index < -0.39 is 0 Å². The van der Waals surface area contributed by atoms with Crippen molar-refractivity contribution in [2.24, 2.45) is 0 Å². The predicted octanol–water partition coefficient (Wildman–Crippen LogP) is 1.92. The number of aryl methyl sites for hydroxylation is 1. The highest BCUT2D eigenvalue weighted by Crippen LogP contribution is 2.27. The van der Waals surface area contributed by atoms with Crippen molar-refractivity contribution in [2.75, 3.05) is 18.0 Å². The van der Waals surface area contributed by atoms with Gasteiger partial charge in [0.05, 0.1) is 12.8 Å². The molecule has 0 saturated heterocycles. The van der Waals surface area contributed by atoms with Crippen molar-refractivity contribution in [3.05, 3.63) is 54.0 Å². The van der Waals surface area contributed by atoms with E-state index in [1.807, 2.05) is 30.3 Å². The van der Waals surface area contributed by atoms with E-state index in [4.69, 9.17) is 4.42 Å². The summed E-state index contributed by atoms with van der Waals surface area (Å²) in [5.41, 5.74) is 2.14. The lowest BCUT2D eigenvalue weighted by atomic mass is 10.2. The standard InChI is InChI=1S/C17H18N2O3/c20-16(8-7-14-5-3-11-22-14)18-12-17(21)19-10-9-13-4-1-2-6-15(13)19/h1-6,11H,7-10,12H2,(H,18,20). The summed E-state index contributed by atoms with van der Waals surface area (Å²) in [5, 5.41) is 2.68. The summed E-state index contributed by atoms with van der Waals surface area (Å²) < 4.78 is 5.17. The second kappa shape index (κ2) is 6.47. The Labute approximate surface area is 128 Å². The molecule has 5 heteroatoms. The SMILES string of the molecule is O=C(CCc1ccco1)NCC(=O)N1CCc2ccccc21. The Balaban J connectivity index is 1.47. The number of hydrogen-bond donors (Lipinski definition) is 1. The zero-order valence-corrected chi connectivity index (χ0v) is 12.2. The molecular weight excluding hydrogens is 280 g/mol. The van der Waals surface area contributed by atoms with E-state index in [9.17, 15) is 9.59 Å². The van der Waals surface area contributed by atoms with Gasteiger partial charge in [-0.05, 0) is 30.2 Å². The maximum absolute atomic E-state index is 12.2. The minimum absolute atomic E-state index is 0.0331. The zero-order valence-electron chi connectivity index (χ0n) is 12.2. The molecule has 22 heavy (non-hydrogen) atoms. The van der Waals surface area contributed by atoms with Crippen molar-refractivity contribution in [3.63, 3.8) is 0 Å². The molecule has 0 radical (unpaired) electrons. The lowest BCUT2D eigenvalue weighted by molar-refractivity contribution is -0.125. The van der Waals surface area contributed by atoms with Gasteiger partial charge < -0.3 is 14.6 Å². The maximum Gasteiger partial charge on any atom is 0.246 e. The number of carbonyl (C=O) groups is 2. The fourth-order valence-electron chi connectivity index (χ4n) is 2.65. The van der Waals surface area contributed by atoms with Crippen molar-refractivity contribution in [2.45, 2.75) is 19.3 Å². The van der Waals surface area contributed by atoms with Crippen molar-refractivity contribution >= 4 is 17.5 Å². The average Bonchev–Trinajstić information content (AvgIpc) is 3.19. The van der Waals surface area contributed by atoms with Crippen molar-refractivity contribution < 1.29 is 14.0 Å². The molecule has 114 valence electrons. The lowest BCUT2D eigenvalue weighted by Crippen LogP contribution is -2.39. The molecule has 1 aromatic carbocycles. The van der Waals surface area contributed by atoms with Crippen LogP contribution in [0.15, 0.2) is 47.1 Å². The summed E-state index contributed by atoms with van der Waals surface area (Å²) >= 11 is 0. The highest BCUT2D eigenvalue weighted by Gasteiger charge is 2.23. The Hall–Kier alpha value is -2.56. The topological polar surface area (TPSA) is 62.6 Å². The molecule has 1 aliphatic rings. The molecule has 0 atom stereocenters. The molecule has 0 saturated carbocycles. The van der Waals surface area contributed by atoms with Crippen LogP contribution >= 0.6 is 0 Å². The number of amides is 2. The number of hydrogen-bond acceptors (Lipinski definition) is 3. The van der Waals surface area contributed by atoms with Crippen LogP contribution in [0.4, 0.5) is 5.69 Å². The molecule has 1 aromatic heterocycles. The van der Waals surface area contributed by atoms with Crippen LogP contribution in [0.2, 0.25) is 0 Å². The van der Waals surface area contributed by atoms with Gasteiger partial charge in [0.1, 0.15) is 5.76 Å². The summed E-state index contributed by atoms with van der Waals surface area (Å²) in [6.07, 6.45) is 3.31. The molecule has 0 spiro atoms. The fraction of sp³-hybridized carbons (Fsp3) is 0.294. The summed E-state index contributed by atoms with van der Waals surface area (Å²) in [4.78, 5) is 25.8. The number of nitrogens with one attached hydrogen (secondary N) is 1. The van der Waals surface area contributed by atoms with Gasteiger partial charge in [-0.2, -0.15) is 0 Å². The molecule has 1 N–H and O–H groups in total. The normalized spacial score (nSPS) is 13.0. The van der Waals surface area contributed by atoms with E-state index in [-0.39, 0.29) is 18.4 Å². The number of nitrogens with zero attached hydrogens (tertiary/aromatic N) is 1. The largest absolute Gasteiger partial charge is 0.469 e. The van der Waals surface area contributed by atoms with Crippen LogP contribution in [0.5, 0.6) is 0 Å². The Morgan fingerprint density at radius 2 is 2.05 bits per heavy atom. The Morgan fingerprint density at radius 3 is 2.86 bits per heavy atom. The summed E-state index contributed by atoms with van der Waals surface area (Å²) in [6, 6.07) is 11.5. The summed E-state index contributed by atoms with van der Waals surface area (Å²) in [5.74, 6) is 0.559. The third-order valence-electron chi connectivity index (χ3n) is 3.80. The van der Waals surface area contributed by atoms with Gasteiger partial charge in [0.2, 0.25) is 11.8 Å². The molecule has 0 bridgehead atoms. The number of furan rings is 1. The summed E-state index contributed by atoms with van der Waals surface area (Å²) in [7, 11) is 0. The molecule has 0 fully saturated rings. The van der Waals surface area contributed by atoms with Gasteiger partial charge in [-0.15, -0.1) is 0 Å². The van der Waals surface area contributed by atoms with Crippen molar-refractivity contribution in [1.29, 1.82) is 0 Å². The molecule has 3 rings (SSSR count). The summed E-state index contributed by atoms with van der Waals surface area (Å²) in [6.45, 7) is 0.714. The first kappa shape index (κ1) is 14.4. The Morgan fingerprint density at radius 1 is 1.18 bits per heavy atom. The van der Waals surface area contributed by atoms with Gasteiger partial charge in [0, 0.05) is 25.1 Å². The van der Waals surface area contributed by atoms with E-state index in [1.54, 1.807) is 17.2 Å². The van der Waals surface area contributed by atoms with Crippen LogP contribution in [0.1, 0.15) is 17.7 Å². The number of fused-ring (bicyclic) bond motifs is 1. The first-order valence-electron chi connectivity index (χ1n) is 7.41. The highest BCUT2D eigenvalue weighted by atomic mass is 16.3. The van der Waals surface area contributed by atoms with Crippen LogP contribution < -0.4 is 10.2 Å². The molecule has 2 heterocycles. The molecule has 2 aromatic rings. The van der Waals surface area contributed by atoms with Crippen LogP contribution in [-0.4, -0.2) is 24.9 Å². The molecule has 0 aliphatic carbocycles. The third-order valence-corrected chi connectivity index (χ3v) is 3.80. The van der Waals surface area contributed by atoms with Crippen LogP contribution in [0.3, 0.4) is 0 Å². The second-order valence-electron chi connectivity index (χ2n) is 5.28. The Kier molecular flexibility index (Phi) is 4.23. The minimum Gasteiger partial charge on any atom is -0.469 e. The molecular formula is C17H18N2O3. The average molecular weight is 298 g/mol. The third kappa shape index (κ3) is 3.19. The molecule has 2 amide bonds. The minimum atomic E-state index is -0.141. The molecule has 1 aliphatic heterocycles. The monoisotopic (exact) mass is 298 g/mol. The van der Waals surface area contributed by atoms with Gasteiger partial charge in [-0.25, -0.2) is 0 Å². The van der Waals surface area contributed by atoms with Gasteiger partial charge in [0.15, 0.2) is 0 Å². The van der Waals surface area contributed by atoms with E-state index in [0.717, 1.165) is 17.9 Å². The second-order valence-corrected chi connectivity index (χ2v) is 5.28. The van der Waals surface area contributed by atoms with Gasteiger partial charge in [-0.3, -0.25) is 9.59 Å². The maximum atomic E-state index is 12.2. The quantitative estimate of drug-likeness (QED) is 0.917.